The Morgan fingerprint density at radius 3 is 2.35 bits per heavy atom. The predicted octanol–water partition coefficient (Wildman–Crippen LogP) is 2.93. The molecule has 23 heavy (non-hydrogen) atoms. The Kier molecular flexibility index (Phi) is 3.69. The minimum atomic E-state index is -0.189. The van der Waals surface area contributed by atoms with Gasteiger partial charge in [0.1, 0.15) is 0 Å². The molecule has 4 saturated carbocycles. The molecule has 132 valence electrons. The third-order valence-corrected chi connectivity index (χ3v) is 9.09. The molecular formula is C20H35NO2. The molecule has 4 fully saturated rings. The Hall–Kier alpha value is -0.120. The molecule has 4 rings (SSSR count). The third-order valence-electron chi connectivity index (χ3n) is 9.09. The highest BCUT2D eigenvalue weighted by atomic mass is 16.3. The molecule has 0 aromatic carbocycles. The monoisotopic (exact) mass is 321 g/mol. The van der Waals surface area contributed by atoms with E-state index in [1.54, 1.807) is 0 Å². The zero-order chi connectivity index (χ0) is 16.6. The number of hydrogen-bond donors (Lipinski definition) is 3. The summed E-state index contributed by atoms with van der Waals surface area (Å²) in [5, 5.41) is 21.2. The highest BCUT2D eigenvalue weighted by Crippen LogP contribution is 2.66. The number of nitrogens with two attached hydrogens (primary N) is 1. The lowest BCUT2D eigenvalue weighted by Crippen LogP contribution is -2.59. The normalized spacial score (nSPS) is 62.3. The molecule has 0 aromatic rings. The fraction of sp³-hybridized carbons (Fsp3) is 1.00. The highest BCUT2D eigenvalue weighted by molar-refractivity contribution is 5.13. The quantitative estimate of drug-likeness (QED) is 0.642. The smallest absolute Gasteiger partial charge is 0.0577 e. The van der Waals surface area contributed by atoms with Gasteiger partial charge in [0.2, 0.25) is 0 Å². The lowest BCUT2D eigenvalue weighted by atomic mass is 9.44. The van der Waals surface area contributed by atoms with Gasteiger partial charge >= 0.3 is 0 Å². The molecule has 4 N–H and O–H groups in total. The van der Waals surface area contributed by atoms with Crippen LogP contribution in [-0.2, 0) is 0 Å². The van der Waals surface area contributed by atoms with Crippen molar-refractivity contribution < 1.29 is 10.2 Å². The molecule has 3 nitrogen and oxygen atoms in total. The SMILES string of the molecule is C[C@@H]1C[C@H]2[C@@H]3[C@@H](O)C[C@H]4C[C@@H](O)CC[C@]4(C)[C@H]3CC[C@]2(C)[C@H]1N. The second-order valence-electron chi connectivity index (χ2n) is 10.0. The molecule has 0 saturated heterocycles. The number of hydrogen-bond acceptors (Lipinski definition) is 3. The first-order valence-electron chi connectivity index (χ1n) is 9.89. The van der Waals surface area contributed by atoms with E-state index in [-0.39, 0.29) is 17.6 Å². The van der Waals surface area contributed by atoms with Gasteiger partial charge in [0, 0.05) is 6.04 Å². The molecule has 4 aliphatic rings. The van der Waals surface area contributed by atoms with Crippen LogP contribution in [0.4, 0.5) is 0 Å². The van der Waals surface area contributed by atoms with Crippen LogP contribution in [0.25, 0.3) is 0 Å². The first-order chi connectivity index (χ1) is 10.8. The van der Waals surface area contributed by atoms with Crippen LogP contribution in [0.1, 0.15) is 65.7 Å². The summed E-state index contributed by atoms with van der Waals surface area (Å²) >= 11 is 0. The molecule has 10 atom stereocenters. The van der Waals surface area contributed by atoms with Crippen molar-refractivity contribution in [3.63, 3.8) is 0 Å². The van der Waals surface area contributed by atoms with Crippen molar-refractivity contribution in [2.75, 3.05) is 0 Å². The second-order valence-corrected chi connectivity index (χ2v) is 10.0. The van der Waals surface area contributed by atoms with Gasteiger partial charge in [0.15, 0.2) is 0 Å². The zero-order valence-corrected chi connectivity index (χ0v) is 15.0. The lowest BCUT2D eigenvalue weighted by Gasteiger charge is -2.62. The van der Waals surface area contributed by atoms with Crippen molar-refractivity contribution in [2.45, 2.75) is 84.0 Å². The Labute approximate surface area is 141 Å². The van der Waals surface area contributed by atoms with Crippen molar-refractivity contribution in [1.82, 2.24) is 0 Å². The Morgan fingerprint density at radius 2 is 1.61 bits per heavy atom. The van der Waals surface area contributed by atoms with Crippen molar-refractivity contribution in [3.8, 4) is 0 Å². The van der Waals surface area contributed by atoms with Crippen molar-refractivity contribution in [3.05, 3.63) is 0 Å². The molecule has 4 aliphatic carbocycles. The van der Waals surface area contributed by atoms with Gasteiger partial charge in [-0.15, -0.1) is 0 Å². The average Bonchev–Trinajstić information content (AvgIpc) is 2.73. The molecule has 0 aromatic heterocycles. The Morgan fingerprint density at radius 1 is 0.913 bits per heavy atom. The maximum atomic E-state index is 11.1. The van der Waals surface area contributed by atoms with Gasteiger partial charge in [-0.05, 0) is 85.4 Å². The molecule has 0 spiro atoms. The molecule has 3 heteroatoms. The Bertz CT molecular complexity index is 482. The van der Waals surface area contributed by atoms with E-state index in [1.165, 1.54) is 19.3 Å². The van der Waals surface area contributed by atoms with Crippen LogP contribution >= 0.6 is 0 Å². The van der Waals surface area contributed by atoms with Gasteiger partial charge in [0.25, 0.3) is 0 Å². The maximum absolute atomic E-state index is 11.1. The van der Waals surface area contributed by atoms with Gasteiger partial charge in [-0.25, -0.2) is 0 Å². The summed E-state index contributed by atoms with van der Waals surface area (Å²) in [6.07, 6.45) is 7.18. The average molecular weight is 322 g/mol. The molecule has 0 bridgehead atoms. The number of aliphatic hydroxyl groups excluding tert-OH is 2. The zero-order valence-electron chi connectivity index (χ0n) is 15.0. The Balaban J connectivity index is 1.68. The fourth-order valence-electron chi connectivity index (χ4n) is 7.61. The molecule has 0 unspecified atom stereocenters. The number of fused-ring (bicyclic) bond motifs is 5. The standard InChI is InChI=1S/C20H35NO2/c1-11-8-15-17-14(5-7-20(15,3)18(11)21)19(2)6-4-13(22)9-12(19)10-16(17)23/h11-18,22-23H,4-10,21H2,1-3H3/t11-,12-,13+,14+,15+,16+,17-,18+,19+,20+/m1/s1. The molecular weight excluding hydrogens is 286 g/mol. The van der Waals surface area contributed by atoms with E-state index in [4.69, 9.17) is 5.73 Å². The summed E-state index contributed by atoms with van der Waals surface area (Å²) in [4.78, 5) is 0. The lowest BCUT2D eigenvalue weighted by molar-refractivity contribution is -0.169. The van der Waals surface area contributed by atoms with E-state index in [0.717, 1.165) is 25.7 Å². The van der Waals surface area contributed by atoms with Gasteiger partial charge in [-0.2, -0.15) is 0 Å². The van der Waals surface area contributed by atoms with Crippen molar-refractivity contribution in [2.24, 2.45) is 46.2 Å². The van der Waals surface area contributed by atoms with E-state index in [2.05, 4.69) is 20.8 Å². The molecule has 0 aliphatic heterocycles. The van der Waals surface area contributed by atoms with Gasteiger partial charge in [-0.1, -0.05) is 20.8 Å². The first-order valence-corrected chi connectivity index (χ1v) is 9.89. The van der Waals surface area contributed by atoms with E-state index in [1.807, 2.05) is 0 Å². The van der Waals surface area contributed by atoms with E-state index < -0.39 is 0 Å². The van der Waals surface area contributed by atoms with Gasteiger partial charge < -0.3 is 15.9 Å². The van der Waals surface area contributed by atoms with E-state index >= 15 is 0 Å². The summed E-state index contributed by atoms with van der Waals surface area (Å²) in [5.74, 6) is 2.72. The van der Waals surface area contributed by atoms with Crippen molar-refractivity contribution >= 4 is 0 Å². The summed E-state index contributed by atoms with van der Waals surface area (Å²) < 4.78 is 0. The first kappa shape index (κ1) is 16.4. The van der Waals surface area contributed by atoms with Crippen LogP contribution < -0.4 is 5.73 Å². The fourth-order valence-corrected chi connectivity index (χ4v) is 7.61. The molecule has 0 amide bonds. The highest BCUT2D eigenvalue weighted by Gasteiger charge is 2.63. The summed E-state index contributed by atoms with van der Waals surface area (Å²) in [7, 11) is 0. The van der Waals surface area contributed by atoms with Crippen LogP contribution in [0, 0.1) is 40.4 Å². The van der Waals surface area contributed by atoms with Gasteiger partial charge in [-0.3, -0.25) is 0 Å². The maximum Gasteiger partial charge on any atom is 0.0577 e. The summed E-state index contributed by atoms with van der Waals surface area (Å²) in [6.45, 7) is 7.17. The summed E-state index contributed by atoms with van der Waals surface area (Å²) in [5.41, 5.74) is 7.14. The van der Waals surface area contributed by atoms with Gasteiger partial charge in [0.05, 0.1) is 12.2 Å². The number of aliphatic hydroxyl groups is 2. The van der Waals surface area contributed by atoms with Crippen LogP contribution in [-0.4, -0.2) is 28.5 Å². The van der Waals surface area contributed by atoms with Crippen LogP contribution in [0.3, 0.4) is 0 Å². The number of rotatable bonds is 0. The summed E-state index contributed by atoms with van der Waals surface area (Å²) in [6, 6.07) is 0.291. The molecule has 0 heterocycles. The predicted molar refractivity (Wildman–Crippen MR) is 91.6 cm³/mol. The topological polar surface area (TPSA) is 66.5 Å². The van der Waals surface area contributed by atoms with Crippen LogP contribution in [0.15, 0.2) is 0 Å². The minimum absolute atomic E-state index is 0.148. The largest absolute Gasteiger partial charge is 0.393 e. The van der Waals surface area contributed by atoms with E-state index in [0.29, 0.717) is 41.0 Å². The third kappa shape index (κ3) is 2.12. The van der Waals surface area contributed by atoms with Crippen LogP contribution in [0.5, 0.6) is 0 Å². The minimum Gasteiger partial charge on any atom is -0.393 e. The second kappa shape index (κ2) is 5.19. The molecule has 0 radical (unpaired) electrons. The van der Waals surface area contributed by atoms with Crippen molar-refractivity contribution in [1.29, 1.82) is 0 Å². The van der Waals surface area contributed by atoms with Crippen LogP contribution in [0.2, 0.25) is 0 Å². The van der Waals surface area contributed by atoms with E-state index in [9.17, 15) is 10.2 Å².